The number of carbonyl (C=O) groups is 1. The Morgan fingerprint density at radius 1 is 1.24 bits per heavy atom. The Morgan fingerprint density at radius 3 is 2.57 bits per heavy atom. The molecule has 1 unspecified atom stereocenters. The van der Waals surface area contributed by atoms with E-state index in [2.05, 4.69) is 20.3 Å². The number of nitrogens with zero attached hydrogens (tertiary/aromatic N) is 4. The summed E-state index contributed by atoms with van der Waals surface area (Å²) in [7, 11) is -2.01. The number of fused-ring (bicyclic) bond motifs is 1. The van der Waals surface area contributed by atoms with Crippen LogP contribution in [0.1, 0.15) is 17.8 Å². The molecule has 1 fully saturated rings. The number of hydrogen-bond acceptors (Lipinski definition) is 7. The van der Waals surface area contributed by atoms with Gasteiger partial charge in [0.05, 0.1) is 57.5 Å². The number of sulfone groups is 1. The highest BCUT2D eigenvalue weighted by molar-refractivity contribution is 7.90. The summed E-state index contributed by atoms with van der Waals surface area (Å²) >= 11 is 0. The van der Waals surface area contributed by atoms with Crippen LogP contribution in [0.15, 0.2) is 46.7 Å². The van der Waals surface area contributed by atoms with Crippen molar-refractivity contribution in [3.05, 3.63) is 48.2 Å². The van der Waals surface area contributed by atoms with Gasteiger partial charge < -0.3 is 9.88 Å². The molecule has 1 N–H and O–H groups in total. The highest BCUT2D eigenvalue weighted by atomic mass is 32.2. The first-order valence-corrected chi connectivity index (χ1v) is 13.1. The molecule has 0 radical (unpaired) electrons. The Labute approximate surface area is 209 Å². The molecular weight excluding hydrogens is 514 g/mol. The van der Waals surface area contributed by atoms with Crippen LogP contribution in [-0.2, 0) is 34.5 Å². The van der Waals surface area contributed by atoms with E-state index in [0.717, 1.165) is 6.26 Å². The minimum atomic E-state index is -3.76. The van der Waals surface area contributed by atoms with Crippen molar-refractivity contribution in [2.24, 2.45) is 18.0 Å². The molecule has 1 aliphatic heterocycles. The lowest BCUT2D eigenvalue weighted by atomic mass is 10.1. The molecule has 1 aromatic carbocycles. The topological polar surface area (TPSA) is 106 Å². The van der Waals surface area contributed by atoms with Crippen LogP contribution in [0.2, 0.25) is 0 Å². The van der Waals surface area contributed by atoms with Gasteiger partial charge >= 0.3 is 0 Å². The first kappa shape index (κ1) is 25.1. The normalized spacial score (nSPS) is 18.0. The van der Waals surface area contributed by atoms with Gasteiger partial charge in [-0.2, -0.15) is 0 Å². The number of carbonyl (C=O) groups excluding carboxylic acids is 1. The molecule has 194 valence electrons. The standard InChI is InChI=1S/C24H21F4N5O3S/c1-33-11-29-10-19(33)12-3-4-15(21(5-12)37(2,35)36)31-16-6-13(7-20(34)14-9-24(14,27)28)30-17-8-18(23(25)26)32-22(16)17/h3-6,10-11,14,23H,7-9H2,1-2H3,(H,30,31). The highest BCUT2D eigenvalue weighted by Gasteiger charge is 2.60. The fourth-order valence-corrected chi connectivity index (χ4v) is 5.16. The van der Waals surface area contributed by atoms with E-state index in [1.54, 1.807) is 30.2 Å². The lowest BCUT2D eigenvalue weighted by Crippen LogP contribution is -2.13. The quantitative estimate of drug-likeness (QED) is 0.432. The number of aromatic nitrogens is 3. The maximum Gasteiger partial charge on any atom is 0.277 e. The number of rotatable bonds is 8. The molecule has 2 aromatic heterocycles. The van der Waals surface area contributed by atoms with E-state index in [-0.39, 0.29) is 39.8 Å². The first-order valence-electron chi connectivity index (χ1n) is 11.2. The molecule has 1 saturated carbocycles. The Hall–Kier alpha value is -3.61. The number of ketones is 1. The monoisotopic (exact) mass is 535 g/mol. The second-order valence-corrected chi connectivity index (χ2v) is 11.2. The van der Waals surface area contributed by atoms with Crippen molar-refractivity contribution < 1.29 is 30.8 Å². The molecule has 1 aliphatic carbocycles. The van der Waals surface area contributed by atoms with Gasteiger partial charge in [0.25, 0.3) is 12.3 Å². The lowest BCUT2D eigenvalue weighted by molar-refractivity contribution is -0.121. The molecule has 5 rings (SSSR count). The van der Waals surface area contributed by atoms with Crippen molar-refractivity contribution in [1.82, 2.24) is 14.5 Å². The number of benzene rings is 1. The van der Waals surface area contributed by atoms with E-state index in [0.29, 0.717) is 11.3 Å². The third kappa shape index (κ3) is 4.87. The van der Waals surface area contributed by atoms with Gasteiger partial charge in [-0.3, -0.25) is 9.78 Å². The number of aryl methyl sites for hydroxylation is 1. The minimum absolute atomic E-state index is 0.0666. The van der Waals surface area contributed by atoms with Crippen LogP contribution >= 0.6 is 0 Å². The van der Waals surface area contributed by atoms with Crippen molar-refractivity contribution in [2.75, 3.05) is 11.6 Å². The van der Waals surface area contributed by atoms with Crippen LogP contribution in [0.4, 0.5) is 34.6 Å². The van der Waals surface area contributed by atoms with E-state index in [1.807, 2.05) is 0 Å². The van der Waals surface area contributed by atoms with Crippen LogP contribution in [-0.4, -0.2) is 53.1 Å². The molecule has 37 heavy (non-hydrogen) atoms. The molecule has 0 spiro atoms. The van der Waals surface area contributed by atoms with E-state index in [4.69, 9.17) is 0 Å². The second-order valence-electron chi connectivity index (χ2n) is 9.20. The SMILES string of the molecule is Cn1cncc1-c1ccc(Nc2cc(CC(=O)C3CC3(F)F)nc3c2N=C(C(F)F)C3)c(S(C)(=O)=O)c1. The third-order valence-electron chi connectivity index (χ3n) is 6.31. The maximum absolute atomic E-state index is 13.4. The largest absolute Gasteiger partial charge is 0.353 e. The van der Waals surface area contributed by atoms with Crippen LogP contribution in [0.5, 0.6) is 0 Å². The number of alkyl halides is 4. The van der Waals surface area contributed by atoms with E-state index >= 15 is 0 Å². The van der Waals surface area contributed by atoms with Crippen LogP contribution in [0.25, 0.3) is 11.3 Å². The molecule has 0 bridgehead atoms. The molecule has 3 heterocycles. The molecule has 0 saturated heterocycles. The van der Waals surface area contributed by atoms with Gasteiger partial charge in [-0.15, -0.1) is 0 Å². The molecule has 8 nitrogen and oxygen atoms in total. The predicted octanol–water partition coefficient (Wildman–Crippen LogP) is 4.29. The zero-order valence-corrected chi connectivity index (χ0v) is 20.5. The molecule has 0 amide bonds. The zero-order valence-electron chi connectivity index (χ0n) is 19.7. The summed E-state index contributed by atoms with van der Waals surface area (Å²) < 4.78 is 80.6. The Morgan fingerprint density at radius 2 is 1.97 bits per heavy atom. The summed E-state index contributed by atoms with van der Waals surface area (Å²) in [4.78, 5) is 24.5. The van der Waals surface area contributed by atoms with Gasteiger partial charge in [0.1, 0.15) is 11.5 Å². The van der Waals surface area contributed by atoms with Crippen LogP contribution < -0.4 is 5.32 Å². The number of nitrogens with one attached hydrogen (secondary N) is 1. The number of anilines is 2. The van der Waals surface area contributed by atoms with Crippen molar-refractivity contribution in [3.63, 3.8) is 0 Å². The van der Waals surface area contributed by atoms with Gasteiger partial charge in [0, 0.05) is 38.1 Å². The summed E-state index contributed by atoms with van der Waals surface area (Å²) in [5, 5.41) is 2.95. The van der Waals surface area contributed by atoms with Crippen LogP contribution in [0, 0.1) is 5.92 Å². The molecular formula is C24H21F4N5O3S. The fraction of sp³-hybridized carbons (Fsp3) is 0.333. The van der Waals surface area contributed by atoms with Gasteiger partial charge in [0.15, 0.2) is 9.84 Å². The molecule has 1 atom stereocenters. The van der Waals surface area contributed by atoms with E-state index in [9.17, 15) is 30.8 Å². The molecule has 2 aliphatic rings. The fourth-order valence-electron chi connectivity index (χ4n) is 4.30. The third-order valence-corrected chi connectivity index (χ3v) is 7.44. The molecule has 3 aromatic rings. The zero-order chi connectivity index (χ0) is 26.7. The maximum atomic E-state index is 13.4. The smallest absolute Gasteiger partial charge is 0.277 e. The van der Waals surface area contributed by atoms with Crippen molar-refractivity contribution in [3.8, 4) is 11.3 Å². The van der Waals surface area contributed by atoms with Gasteiger partial charge in [-0.05, 0) is 18.2 Å². The summed E-state index contributed by atoms with van der Waals surface area (Å²) in [6.45, 7) is 0. The number of pyridine rings is 1. The summed E-state index contributed by atoms with van der Waals surface area (Å²) in [6, 6.07) is 6.01. The molecule has 13 heteroatoms. The number of halogens is 4. The van der Waals surface area contributed by atoms with E-state index < -0.39 is 52.4 Å². The van der Waals surface area contributed by atoms with Crippen LogP contribution in [0.3, 0.4) is 0 Å². The number of Topliss-reactive ketones (excluding diaryl/α,β-unsaturated/α-hetero) is 1. The second kappa shape index (κ2) is 8.75. The summed E-state index contributed by atoms with van der Waals surface area (Å²) in [5.41, 5.74) is 1.45. The Bertz CT molecular complexity index is 1570. The minimum Gasteiger partial charge on any atom is -0.353 e. The van der Waals surface area contributed by atoms with Gasteiger partial charge in [0.2, 0.25) is 0 Å². The van der Waals surface area contributed by atoms with Crippen molar-refractivity contribution in [2.45, 2.75) is 36.5 Å². The number of hydrogen-bond donors (Lipinski definition) is 1. The average molecular weight is 536 g/mol. The Kier molecular flexibility index (Phi) is 5.93. The lowest BCUT2D eigenvalue weighted by Gasteiger charge is -2.16. The number of imidazole rings is 1. The summed E-state index contributed by atoms with van der Waals surface area (Å²) in [6.07, 6.45) is 0.123. The first-order chi connectivity index (χ1) is 17.3. The van der Waals surface area contributed by atoms with E-state index in [1.165, 1.54) is 18.2 Å². The highest BCUT2D eigenvalue weighted by Crippen LogP contribution is 2.49. The Balaban J connectivity index is 1.55. The van der Waals surface area contributed by atoms with Crippen molar-refractivity contribution in [1.29, 1.82) is 0 Å². The predicted molar refractivity (Wildman–Crippen MR) is 128 cm³/mol. The number of aliphatic imine (C=N–C) groups is 1. The van der Waals surface area contributed by atoms with Crippen molar-refractivity contribution >= 4 is 38.4 Å². The van der Waals surface area contributed by atoms with Gasteiger partial charge in [-0.1, -0.05) is 6.07 Å². The van der Waals surface area contributed by atoms with Gasteiger partial charge in [-0.25, -0.2) is 36.0 Å². The summed E-state index contributed by atoms with van der Waals surface area (Å²) in [5.74, 6) is -5.13. The average Bonchev–Trinajstić information content (AvgIpc) is 3.13.